The van der Waals surface area contributed by atoms with Gasteiger partial charge in [0, 0.05) is 48.3 Å². The predicted molar refractivity (Wildman–Crippen MR) is 138 cm³/mol. The zero-order chi connectivity index (χ0) is 23.3. The van der Waals surface area contributed by atoms with Crippen molar-refractivity contribution in [3.8, 4) is 17.0 Å². The van der Waals surface area contributed by atoms with Crippen LogP contribution in [0.3, 0.4) is 0 Å². The van der Waals surface area contributed by atoms with Crippen molar-refractivity contribution in [2.45, 2.75) is 19.3 Å². The van der Waals surface area contributed by atoms with Crippen molar-refractivity contribution in [1.29, 1.82) is 0 Å². The highest BCUT2D eigenvalue weighted by molar-refractivity contribution is 5.91. The fourth-order valence-corrected chi connectivity index (χ4v) is 4.92. The van der Waals surface area contributed by atoms with Crippen LogP contribution in [0.15, 0.2) is 78.9 Å². The van der Waals surface area contributed by atoms with Crippen LogP contribution in [-0.2, 0) is 11.2 Å². The molecule has 1 atom stereocenters. The number of amides is 1. The maximum absolute atomic E-state index is 12.8. The average Bonchev–Trinajstić information content (AvgIpc) is 3.52. The van der Waals surface area contributed by atoms with Gasteiger partial charge >= 0.3 is 0 Å². The van der Waals surface area contributed by atoms with E-state index in [1.165, 1.54) is 16.6 Å². The minimum atomic E-state index is 0.115. The lowest BCUT2D eigenvalue weighted by Gasteiger charge is -2.18. The summed E-state index contributed by atoms with van der Waals surface area (Å²) >= 11 is 0. The first-order valence-corrected chi connectivity index (χ1v) is 12.0. The Morgan fingerprint density at radius 1 is 1.03 bits per heavy atom. The number of rotatable bonds is 8. The molecule has 1 saturated heterocycles. The summed E-state index contributed by atoms with van der Waals surface area (Å²) in [5.74, 6) is 1.44. The molecule has 3 aromatic carbocycles. The van der Waals surface area contributed by atoms with Gasteiger partial charge in [0.1, 0.15) is 5.75 Å². The lowest BCUT2D eigenvalue weighted by molar-refractivity contribution is -0.121. The summed E-state index contributed by atoms with van der Waals surface area (Å²) in [6.07, 6.45) is 2.28. The molecule has 34 heavy (non-hydrogen) atoms. The highest BCUT2D eigenvalue weighted by Crippen LogP contribution is 2.32. The first-order valence-electron chi connectivity index (χ1n) is 12.0. The van der Waals surface area contributed by atoms with Gasteiger partial charge < -0.3 is 19.9 Å². The molecule has 1 fully saturated rings. The average molecular weight is 454 g/mol. The van der Waals surface area contributed by atoms with E-state index in [0.717, 1.165) is 48.6 Å². The maximum atomic E-state index is 12.8. The molecule has 1 amide bonds. The standard InChI is InChI=1S/C29H31N3O2/c1-34-24-13-11-22(12-14-24)29-26(25-9-5-6-10-27(25)31-29)15-16-28(33)30-19-21-17-18-32(20-21)23-7-3-2-4-8-23/h2-14,21,31H,15-20H2,1H3,(H,30,33). The van der Waals surface area contributed by atoms with Crippen molar-refractivity contribution in [1.82, 2.24) is 10.3 Å². The molecular weight excluding hydrogens is 422 g/mol. The predicted octanol–water partition coefficient (Wildman–Crippen LogP) is 5.42. The number of aromatic nitrogens is 1. The highest BCUT2D eigenvalue weighted by atomic mass is 16.5. The van der Waals surface area contributed by atoms with Crippen molar-refractivity contribution in [3.63, 3.8) is 0 Å². The number of carbonyl (C=O) groups excluding carboxylic acids is 1. The Morgan fingerprint density at radius 2 is 1.79 bits per heavy atom. The summed E-state index contributed by atoms with van der Waals surface area (Å²) < 4.78 is 5.31. The van der Waals surface area contributed by atoms with Crippen molar-refractivity contribution >= 4 is 22.5 Å². The van der Waals surface area contributed by atoms with E-state index in [9.17, 15) is 4.79 Å². The van der Waals surface area contributed by atoms with E-state index in [-0.39, 0.29) is 5.91 Å². The van der Waals surface area contributed by atoms with Gasteiger partial charge in [0.25, 0.3) is 0 Å². The SMILES string of the molecule is COc1ccc(-c2[nH]c3ccccc3c2CCC(=O)NCC2CCN(c3ccccc3)C2)cc1. The van der Waals surface area contributed by atoms with Gasteiger partial charge in [0.15, 0.2) is 0 Å². The molecule has 0 aliphatic carbocycles. The summed E-state index contributed by atoms with van der Waals surface area (Å²) in [5, 5.41) is 4.37. The number of nitrogens with one attached hydrogen (secondary N) is 2. The van der Waals surface area contributed by atoms with Crippen LogP contribution in [0.25, 0.3) is 22.2 Å². The van der Waals surface area contributed by atoms with Crippen molar-refractivity contribution in [2.75, 3.05) is 31.6 Å². The molecule has 4 aromatic rings. The van der Waals surface area contributed by atoms with Crippen LogP contribution in [0.1, 0.15) is 18.4 Å². The first kappa shape index (κ1) is 22.1. The summed E-state index contributed by atoms with van der Waals surface area (Å²) in [6.45, 7) is 2.78. The van der Waals surface area contributed by atoms with Crippen molar-refractivity contribution in [2.24, 2.45) is 5.92 Å². The van der Waals surface area contributed by atoms with Gasteiger partial charge in [-0.25, -0.2) is 0 Å². The third-order valence-electron chi connectivity index (χ3n) is 6.79. The lowest BCUT2D eigenvalue weighted by atomic mass is 10.0. The molecule has 1 aliphatic rings. The Kier molecular flexibility index (Phi) is 6.52. The molecule has 174 valence electrons. The molecule has 0 spiro atoms. The molecule has 5 heteroatoms. The Morgan fingerprint density at radius 3 is 2.59 bits per heavy atom. The fourth-order valence-electron chi connectivity index (χ4n) is 4.92. The van der Waals surface area contributed by atoms with Gasteiger partial charge in [-0.2, -0.15) is 0 Å². The smallest absolute Gasteiger partial charge is 0.220 e. The second-order valence-corrected chi connectivity index (χ2v) is 8.99. The van der Waals surface area contributed by atoms with Crippen LogP contribution in [0.2, 0.25) is 0 Å². The number of carbonyl (C=O) groups is 1. The number of methoxy groups -OCH3 is 1. The monoisotopic (exact) mass is 453 g/mol. The van der Waals surface area contributed by atoms with Crippen LogP contribution >= 0.6 is 0 Å². The Labute approximate surface area is 200 Å². The summed E-state index contributed by atoms with van der Waals surface area (Å²) in [7, 11) is 1.67. The number of anilines is 1. The largest absolute Gasteiger partial charge is 0.497 e. The highest BCUT2D eigenvalue weighted by Gasteiger charge is 2.23. The third kappa shape index (κ3) is 4.79. The fraction of sp³-hybridized carbons (Fsp3) is 0.276. The normalized spacial score (nSPS) is 15.6. The van der Waals surface area contributed by atoms with Gasteiger partial charge in [-0.3, -0.25) is 4.79 Å². The molecule has 2 heterocycles. The second kappa shape index (κ2) is 10.0. The van der Waals surface area contributed by atoms with Crippen LogP contribution in [-0.4, -0.2) is 37.6 Å². The van der Waals surface area contributed by atoms with E-state index >= 15 is 0 Å². The van der Waals surface area contributed by atoms with Crippen molar-refractivity contribution in [3.05, 3.63) is 84.4 Å². The van der Waals surface area contributed by atoms with Gasteiger partial charge in [0.2, 0.25) is 5.91 Å². The van der Waals surface area contributed by atoms with Gasteiger partial charge in [-0.1, -0.05) is 36.4 Å². The topological polar surface area (TPSA) is 57.4 Å². The van der Waals surface area contributed by atoms with E-state index in [0.29, 0.717) is 18.8 Å². The number of fused-ring (bicyclic) bond motifs is 1. The molecule has 0 saturated carbocycles. The number of H-pyrrole nitrogens is 1. The number of aryl methyl sites for hydroxylation is 1. The van der Waals surface area contributed by atoms with Gasteiger partial charge in [0.05, 0.1) is 7.11 Å². The summed E-state index contributed by atoms with van der Waals surface area (Å²) in [5.41, 5.74) is 5.72. The van der Waals surface area contributed by atoms with E-state index in [1.807, 2.05) is 24.3 Å². The molecule has 5 nitrogen and oxygen atoms in total. The summed E-state index contributed by atoms with van der Waals surface area (Å²) in [4.78, 5) is 18.7. The zero-order valence-electron chi connectivity index (χ0n) is 19.6. The number of benzene rings is 3. The molecule has 0 radical (unpaired) electrons. The first-order chi connectivity index (χ1) is 16.7. The molecule has 2 N–H and O–H groups in total. The molecule has 5 rings (SSSR count). The number of nitrogens with zero attached hydrogens (tertiary/aromatic N) is 1. The van der Waals surface area contributed by atoms with Crippen LogP contribution < -0.4 is 15.0 Å². The van der Waals surface area contributed by atoms with E-state index < -0.39 is 0 Å². The van der Waals surface area contributed by atoms with Crippen LogP contribution in [0.4, 0.5) is 5.69 Å². The summed E-state index contributed by atoms with van der Waals surface area (Å²) in [6, 6.07) is 26.9. The van der Waals surface area contributed by atoms with Gasteiger partial charge in [-0.15, -0.1) is 0 Å². The quantitative estimate of drug-likeness (QED) is 0.375. The second-order valence-electron chi connectivity index (χ2n) is 8.99. The number of aromatic amines is 1. The number of ether oxygens (including phenoxy) is 1. The number of para-hydroxylation sites is 2. The molecular formula is C29H31N3O2. The molecule has 1 aromatic heterocycles. The molecule has 0 bridgehead atoms. The van der Waals surface area contributed by atoms with Crippen LogP contribution in [0, 0.1) is 5.92 Å². The molecule has 1 aliphatic heterocycles. The van der Waals surface area contributed by atoms with Crippen molar-refractivity contribution < 1.29 is 9.53 Å². The Bertz CT molecular complexity index is 1250. The van der Waals surface area contributed by atoms with E-state index in [2.05, 4.69) is 69.8 Å². The van der Waals surface area contributed by atoms with E-state index in [1.54, 1.807) is 7.11 Å². The Hall–Kier alpha value is -3.73. The minimum absolute atomic E-state index is 0.115. The third-order valence-corrected chi connectivity index (χ3v) is 6.79. The maximum Gasteiger partial charge on any atom is 0.220 e. The lowest BCUT2D eigenvalue weighted by Crippen LogP contribution is -2.31. The van der Waals surface area contributed by atoms with Gasteiger partial charge in [-0.05, 0) is 72.4 Å². The molecule has 1 unspecified atom stereocenters. The minimum Gasteiger partial charge on any atom is -0.497 e. The number of hydrogen-bond donors (Lipinski definition) is 2. The number of hydrogen-bond acceptors (Lipinski definition) is 3. The van der Waals surface area contributed by atoms with E-state index in [4.69, 9.17) is 4.74 Å². The zero-order valence-corrected chi connectivity index (χ0v) is 19.6. The Balaban J connectivity index is 1.22. The van der Waals surface area contributed by atoms with Crippen LogP contribution in [0.5, 0.6) is 5.75 Å².